The lowest BCUT2D eigenvalue weighted by Gasteiger charge is -2.32. The highest BCUT2D eigenvalue weighted by atomic mass is 32.2. The Morgan fingerprint density at radius 1 is 1.52 bits per heavy atom. The Balaban J connectivity index is 1.96. The van der Waals surface area contributed by atoms with Crippen LogP contribution in [-0.2, 0) is 21.4 Å². The van der Waals surface area contributed by atoms with Crippen LogP contribution in [0.1, 0.15) is 18.4 Å². The number of pyridine rings is 1. The molecule has 1 amide bonds. The zero-order valence-electron chi connectivity index (χ0n) is 13.0. The van der Waals surface area contributed by atoms with Crippen molar-refractivity contribution in [2.45, 2.75) is 25.5 Å². The van der Waals surface area contributed by atoms with Crippen molar-refractivity contribution in [2.75, 3.05) is 30.8 Å². The van der Waals surface area contributed by atoms with Crippen molar-refractivity contribution in [3.8, 4) is 0 Å². The van der Waals surface area contributed by atoms with Gasteiger partial charge in [-0.15, -0.1) is 0 Å². The number of aliphatic hydroxyl groups excluding tert-OH is 1. The number of piperidine rings is 1. The molecule has 0 saturated carbocycles. The summed E-state index contributed by atoms with van der Waals surface area (Å²) in [6.45, 7) is 1.29. The number of hydrogen-bond acceptors (Lipinski definition) is 6. The number of sulfonamides is 1. The second-order valence-electron chi connectivity index (χ2n) is 5.60. The van der Waals surface area contributed by atoms with E-state index in [2.05, 4.69) is 15.0 Å². The molecule has 1 aliphatic heterocycles. The molecule has 1 aromatic rings. The molecule has 1 aliphatic rings. The van der Waals surface area contributed by atoms with Crippen molar-refractivity contribution in [3.63, 3.8) is 0 Å². The van der Waals surface area contributed by atoms with E-state index in [0.29, 0.717) is 6.54 Å². The summed E-state index contributed by atoms with van der Waals surface area (Å²) in [5, 5.41) is 12.5. The lowest BCUT2D eigenvalue weighted by molar-refractivity contribution is -0.120. The van der Waals surface area contributed by atoms with Gasteiger partial charge in [0.25, 0.3) is 0 Å². The van der Waals surface area contributed by atoms with Crippen LogP contribution >= 0.6 is 0 Å². The summed E-state index contributed by atoms with van der Waals surface area (Å²) in [5.74, 6) is 0.325. The molecule has 9 heteroatoms. The Bertz CT molecular complexity index is 650. The number of carbonyl (C=O) groups is 1. The average molecular weight is 342 g/mol. The number of aliphatic hydroxyl groups is 1. The van der Waals surface area contributed by atoms with Crippen molar-refractivity contribution in [2.24, 2.45) is 0 Å². The molecule has 0 bridgehead atoms. The minimum Gasteiger partial charge on any atom is -0.391 e. The lowest BCUT2D eigenvalue weighted by Crippen LogP contribution is -2.40. The Kier molecular flexibility index (Phi) is 5.91. The molecule has 1 atom stereocenters. The first kappa shape index (κ1) is 17.6. The molecular formula is C14H22N4O4S. The Morgan fingerprint density at radius 3 is 3.00 bits per heavy atom. The molecule has 1 saturated heterocycles. The molecule has 23 heavy (non-hydrogen) atoms. The number of nitrogens with one attached hydrogen (secondary N) is 2. The third-order valence-corrected chi connectivity index (χ3v) is 4.20. The maximum Gasteiger partial charge on any atom is 0.235 e. The second-order valence-corrected chi connectivity index (χ2v) is 7.43. The van der Waals surface area contributed by atoms with Crippen LogP contribution in [0.25, 0.3) is 0 Å². The monoisotopic (exact) mass is 342 g/mol. The van der Waals surface area contributed by atoms with Gasteiger partial charge in [-0.25, -0.2) is 18.1 Å². The minimum atomic E-state index is -3.39. The normalized spacial score (nSPS) is 18.7. The van der Waals surface area contributed by atoms with Crippen molar-refractivity contribution < 1.29 is 18.3 Å². The van der Waals surface area contributed by atoms with Crippen molar-refractivity contribution >= 4 is 21.7 Å². The molecule has 0 aliphatic carbocycles. The van der Waals surface area contributed by atoms with Crippen LogP contribution in [0.2, 0.25) is 0 Å². The Labute approximate surface area is 136 Å². The van der Waals surface area contributed by atoms with Crippen molar-refractivity contribution in [3.05, 3.63) is 23.9 Å². The van der Waals surface area contributed by atoms with Gasteiger partial charge in [-0.2, -0.15) is 0 Å². The first-order valence-corrected chi connectivity index (χ1v) is 9.32. The number of hydrogen-bond donors (Lipinski definition) is 3. The van der Waals surface area contributed by atoms with E-state index in [0.717, 1.165) is 37.0 Å². The molecule has 0 unspecified atom stereocenters. The predicted molar refractivity (Wildman–Crippen MR) is 86.4 cm³/mol. The molecule has 0 aromatic carbocycles. The van der Waals surface area contributed by atoms with Gasteiger partial charge in [0.05, 0.1) is 18.9 Å². The van der Waals surface area contributed by atoms with E-state index in [1.807, 2.05) is 11.0 Å². The van der Waals surface area contributed by atoms with Crippen LogP contribution in [0.4, 0.5) is 5.82 Å². The van der Waals surface area contributed by atoms with E-state index in [4.69, 9.17) is 0 Å². The zero-order chi connectivity index (χ0) is 16.9. The molecule has 0 spiro atoms. The quantitative estimate of drug-likeness (QED) is 0.625. The van der Waals surface area contributed by atoms with E-state index < -0.39 is 15.9 Å². The lowest BCUT2D eigenvalue weighted by atomic mass is 10.1. The summed E-state index contributed by atoms with van der Waals surface area (Å²) < 4.78 is 24.1. The fourth-order valence-corrected chi connectivity index (χ4v) is 2.85. The van der Waals surface area contributed by atoms with Gasteiger partial charge in [-0.1, -0.05) is 6.07 Å². The summed E-state index contributed by atoms with van der Waals surface area (Å²) in [7, 11) is -3.39. The van der Waals surface area contributed by atoms with Gasteiger partial charge in [0.2, 0.25) is 15.9 Å². The van der Waals surface area contributed by atoms with Crippen LogP contribution < -0.4 is 14.9 Å². The van der Waals surface area contributed by atoms with Gasteiger partial charge in [0.1, 0.15) is 5.82 Å². The number of β-amino-alcohol motifs (C(OH)–C–C–N with tert-alkyl or cyclic N) is 1. The summed E-state index contributed by atoms with van der Waals surface area (Å²) in [6, 6.07) is 3.63. The number of rotatable bonds is 6. The number of aromatic nitrogens is 1. The average Bonchev–Trinajstić information content (AvgIpc) is 2.50. The minimum absolute atomic E-state index is 0.250. The van der Waals surface area contributed by atoms with Crippen molar-refractivity contribution in [1.29, 1.82) is 0 Å². The van der Waals surface area contributed by atoms with Crippen LogP contribution in [0.3, 0.4) is 0 Å². The third-order valence-electron chi connectivity index (χ3n) is 3.53. The van der Waals surface area contributed by atoms with E-state index in [-0.39, 0.29) is 19.2 Å². The zero-order valence-corrected chi connectivity index (χ0v) is 13.8. The van der Waals surface area contributed by atoms with Gasteiger partial charge in [-0.3, -0.25) is 4.79 Å². The fourth-order valence-electron chi connectivity index (χ4n) is 2.45. The molecule has 8 nitrogen and oxygen atoms in total. The molecule has 1 aromatic heterocycles. The van der Waals surface area contributed by atoms with E-state index in [1.165, 1.54) is 0 Å². The fraction of sp³-hybridized carbons (Fsp3) is 0.571. The standard InChI is InChI=1S/C14H22N4O4S/c1-23(21,22)17-9-13(20)16-8-11-4-2-6-15-14(11)18-7-3-5-12(19)10-18/h2,4,6,12,17,19H,3,5,7-10H2,1H3,(H,16,20)/t12-/m0/s1. The molecule has 3 N–H and O–H groups in total. The van der Waals surface area contributed by atoms with Gasteiger partial charge in [-0.05, 0) is 18.9 Å². The first-order valence-electron chi connectivity index (χ1n) is 7.43. The number of carbonyl (C=O) groups excluding carboxylic acids is 1. The van der Waals surface area contributed by atoms with Gasteiger partial charge < -0.3 is 15.3 Å². The SMILES string of the molecule is CS(=O)(=O)NCC(=O)NCc1cccnc1N1CCC[C@H](O)C1. The molecule has 1 fully saturated rings. The van der Waals surface area contributed by atoms with Crippen LogP contribution in [0.5, 0.6) is 0 Å². The first-order chi connectivity index (χ1) is 10.8. The molecule has 2 heterocycles. The van der Waals surface area contributed by atoms with Crippen molar-refractivity contribution in [1.82, 2.24) is 15.0 Å². The van der Waals surface area contributed by atoms with E-state index >= 15 is 0 Å². The summed E-state index contributed by atoms with van der Waals surface area (Å²) in [5.41, 5.74) is 0.828. The Hall–Kier alpha value is -1.71. The van der Waals surface area contributed by atoms with Crippen LogP contribution in [0.15, 0.2) is 18.3 Å². The highest BCUT2D eigenvalue weighted by Gasteiger charge is 2.21. The largest absolute Gasteiger partial charge is 0.391 e. The molecular weight excluding hydrogens is 320 g/mol. The smallest absolute Gasteiger partial charge is 0.235 e. The second kappa shape index (κ2) is 7.71. The number of nitrogens with zero attached hydrogens (tertiary/aromatic N) is 2. The molecule has 0 radical (unpaired) electrons. The highest BCUT2D eigenvalue weighted by molar-refractivity contribution is 7.88. The Morgan fingerprint density at radius 2 is 2.30 bits per heavy atom. The van der Waals surface area contributed by atoms with Gasteiger partial charge in [0.15, 0.2) is 0 Å². The maximum absolute atomic E-state index is 11.7. The summed E-state index contributed by atoms with van der Waals surface area (Å²) in [6.07, 6.45) is 3.98. The summed E-state index contributed by atoms with van der Waals surface area (Å²) >= 11 is 0. The van der Waals surface area contributed by atoms with Crippen LogP contribution in [0, 0.1) is 0 Å². The maximum atomic E-state index is 11.7. The topological polar surface area (TPSA) is 112 Å². The predicted octanol–water partition coefficient (Wildman–Crippen LogP) is -0.792. The van der Waals surface area contributed by atoms with Gasteiger partial charge >= 0.3 is 0 Å². The molecule has 2 rings (SSSR count). The third kappa shape index (κ3) is 5.77. The highest BCUT2D eigenvalue weighted by Crippen LogP contribution is 2.21. The van der Waals surface area contributed by atoms with E-state index in [9.17, 15) is 18.3 Å². The van der Waals surface area contributed by atoms with E-state index in [1.54, 1.807) is 12.3 Å². The summed E-state index contributed by atoms with van der Waals surface area (Å²) in [4.78, 5) is 18.0. The number of amides is 1. The van der Waals surface area contributed by atoms with Gasteiger partial charge in [0, 0.05) is 31.4 Å². The number of anilines is 1. The molecule has 128 valence electrons. The van der Waals surface area contributed by atoms with Crippen LogP contribution in [-0.4, -0.2) is 56.4 Å².